The average Bonchev–Trinajstić information content (AvgIpc) is 3.43. The number of rotatable bonds is 4. The average molecular weight is 429 g/mol. The lowest BCUT2D eigenvalue weighted by Gasteiger charge is -2.31. The number of thiazole rings is 1. The molecule has 31 heavy (non-hydrogen) atoms. The van der Waals surface area contributed by atoms with Crippen molar-refractivity contribution >= 4 is 27.5 Å². The van der Waals surface area contributed by atoms with E-state index in [4.69, 9.17) is 10.1 Å². The predicted octanol–water partition coefficient (Wildman–Crippen LogP) is 5.38. The van der Waals surface area contributed by atoms with Gasteiger partial charge in [-0.3, -0.25) is 4.79 Å². The zero-order valence-corrected chi connectivity index (χ0v) is 18.1. The van der Waals surface area contributed by atoms with Crippen molar-refractivity contribution in [2.24, 2.45) is 0 Å². The Kier molecular flexibility index (Phi) is 4.60. The number of benzene rings is 2. The van der Waals surface area contributed by atoms with Crippen LogP contribution in [-0.4, -0.2) is 38.7 Å². The Bertz CT molecular complexity index is 1210. The summed E-state index contributed by atoms with van der Waals surface area (Å²) in [5, 5.41) is 5.97. The van der Waals surface area contributed by atoms with E-state index in [-0.39, 0.29) is 5.91 Å². The topological polar surface area (TPSA) is 51.0 Å². The first-order valence-electron chi connectivity index (χ1n) is 11.1. The predicted molar refractivity (Wildman–Crippen MR) is 123 cm³/mol. The quantitative estimate of drug-likeness (QED) is 0.439. The van der Waals surface area contributed by atoms with Gasteiger partial charge >= 0.3 is 0 Å². The van der Waals surface area contributed by atoms with Crippen LogP contribution in [0.4, 0.5) is 0 Å². The van der Waals surface area contributed by atoms with E-state index in [0.29, 0.717) is 17.5 Å². The maximum absolute atomic E-state index is 13.6. The zero-order valence-electron chi connectivity index (χ0n) is 17.3. The second-order valence-electron chi connectivity index (χ2n) is 8.59. The fraction of sp³-hybridized carbons (Fsp3) is 0.320. The van der Waals surface area contributed by atoms with Crippen molar-refractivity contribution < 1.29 is 4.79 Å². The maximum atomic E-state index is 13.6. The van der Waals surface area contributed by atoms with Gasteiger partial charge in [-0.1, -0.05) is 30.3 Å². The smallest absolute Gasteiger partial charge is 0.272 e. The van der Waals surface area contributed by atoms with Gasteiger partial charge in [-0.15, -0.1) is 11.3 Å². The molecule has 1 amide bonds. The molecule has 1 saturated heterocycles. The van der Waals surface area contributed by atoms with Crippen molar-refractivity contribution in [3.05, 3.63) is 77.1 Å². The zero-order chi connectivity index (χ0) is 20.8. The summed E-state index contributed by atoms with van der Waals surface area (Å²) in [6, 6.07) is 20.3. The van der Waals surface area contributed by atoms with Crippen LogP contribution in [0, 0.1) is 0 Å². The summed E-state index contributed by atoms with van der Waals surface area (Å²) < 4.78 is 3.06. The van der Waals surface area contributed by atoms with Crippen LogP contribution in [0.5, 0.6) is 0 Å². The normalized spacial score (nSPS) is 19.1. The van der Waals surface area contributed by atoms with Gasteiger partial charge < -0.3 is 4.90 Å². The summed E-state index contributed by atoms with van der Waals surface area (Å²) in [7, 11) is 0. The number of amides is 1. The molecule has 0 radical (unpaired) electrons. The van der Waals surface area contributed by atoms with E-state index >= 15 is 0 Å². The fourth-order valence-corrected chi connectivity index (χ4v) is 5.58. The van der Waals surface area contributed by atoms with E-state index in [1.807, 2.05) is 52.0 Å². The molecule has 5 nitrogen and oxygen atoms in total. The van der Waals surface area contributed by atoms with Gasteiger partial charge in [0.05, 0.1) is 26.6 Å². The molecule has 6 rings (SSSR count). The van der Waals surface area contributed by atoms with Gasteiger partial charge in [-0.05, 0) is 56.0 Å². The Balaban J connectivity index is 1.30. The molecule has 1 atom stereocenters. The fourth-order valence-electron chi connectivity index (χ4n) is 4.49. The molecule has 2 fully saturated rings. The summed E-state index contributed by atoms with van der Waals surface area (Å²) in [6.07, 6.45) is 4.42. The Hall–Kier alpha value is -2.99. The number of carbonyl (C=O) groups excluding carboxylic acids is 1. The highest BCUT2D eigenvalue weighted by atomic mass is 32.1. The minimum Gasteiger partial charge on any atom is -0.337 e. The molecule has 1 saturated carbocycles. The SMILES string of the molecule is O=C(c1cc(C2CC2)nn1-c1ccccc1)N1CCCC(c2nc3ccccc3s2)C1. The second kappa shape index (κ2) is 7.61. The van der Waals surface area contributed by atoms with Crippen molar-refractivity contribution in [2.75, 3.05) is 13.1 Å². The van der Waals surface area contributed by atoms with Gasteiger partial charge in [0.15, 0.2) is 0 Å². The number of aromatic nitrogens is 3. The highest BCUT2D eigenvalue weighted by Gasteiger charge is 2.32. The number of nitrogens with zero attached hydrogens (tertiary/aromatic N) is 4. The van der Waals surface area contributed by atoms with Gasteiger partial charge in [0.1, 0.15) is 5.69 Å². The maximum Gasteiger partial charge on any atom is 0.272 e. The van der Waals surface area contributed by atoms with E-state index in [1.165, 1.54) is 17.5 Å². The molecular formula is C25H24N4OS. The monoisotopic (exact) mass is 428 g/mol. The summed E-state index contributed by atoms with van der Waals surface area (Å²) in [5.74, 6) is 0.883. The largest absolute Gasteiger partial charge is 0.337 e. The van der Waals surface area contributed by atoms with Crippen LogP contribution in [0.25, 0.3) is 15.9 Å². The molecule has 0 spiro atoms. The second-order valence-corrected chi connectivity index (χ2v) is 9.65. The van der Waals surface area contributed by atoms with Gasteiger partial charge in [-0.25, -0.2) is 9.67 Å². The molecule has 1 aliphatic heterocycles. The van der Waals surface area contributed by atoms with E-state index in [0.717, 1.165) is 47.8 Å². The summed E-state index contributed by atoms with van der Waals surface area (Å²) >= 11 is 1.76. The third-order valence-electron chi connectivity index (χ3n) is 6.31. The van der Waals surface area contributed by atoms with Crippen LogP contribution in [0.1, 0.15) is 58.7 Å². The highest BCUT2D eigenvalue weighted by molar-refractivity contribution is 7.18. The number of piperidine rings is 1. The molecule has 1 unspecified atom stereocenters. The number of likely N-dealkylation sites (tertiary alicyclic amines) is 1. The van der Waals surface area contributed by atoms with Gasteiger partial charge in [-0.2, -0.15) is 5.10 Å². The van der Waals surface area contributed by atoms with E-state index in [1.54, 1.807) is 11.3 Å². The lowest BCUT2D eigenvalue weighted by Crippen LogP contribution is -2.39. The molecule has 156 valence electrons. The Morgan fingerprint density at radius 2 is 1.77 bits per heavy atom. The standard InChI is InChI=1S/C25H24N4OS/c30-25(22-15-21(17-12-13-17)27-29(22)19-8-2-1-3-9-19)28-14-6-7-18(16-28)24-26-20-10-4-5-11-23(20)31-24/h1-5,8-11,15,17-18H,6-7,12-14,16H2. The van der Waals surface area contributed by atoms with Crippen LogP contribution in [-0.2, 0) is 0 Å². The first kappa shape index (κ1) is 18.8. The summed E-state index contributed by atoms with van der Waals surface area (Å²) in [4.78, 5) is 20.5. The van der Waals surface area contributed by atoms with Crippen LogP contribution < -0.4 is 0 Å². The van der Waals surface area contributed by atoms with Crippen LogP contribution in [0.2, 0.25) is 0 Å². The number of hydrogen-bond donors (Lipinski definition) is 0. The number of hydrogen-bond acceptors (Lipinski definition) is 4. The van der Waals surface area contributed by atoms with E-state index in [9.17, 15) is 4.79 Å². The molecule has 2 aromatic heterocycles. The summed E-state index contributed by atoms with van der Waals surface area (Å²) in [6.45, 7) is 1.51. The van der Waals surface area contributed by atoms with Crippen molar-refractivity contribution in [3.8, 4) is 5.69 Å². The lowest BCUT2D eigenvalue weighted by atomic mass is 9.98. The Labute approximate surface area is 185 Å². The minimum absolute atomic E-state index is 0.0778. The van der Waals surface area contributed by atoms with Crippen LogP contribution in [0.15, 0.2) is 60.7 Å². The third-order valence-corrected chi connectivity index (χ3v) is 7.51. The summed E-state index contributed by atoms with van der Waals surface area (Å²) in [5.41, 5.74) is 3.73. The third kappa shape index (κ3) is 3.55. The minimum atomic E-state index is 0.0778. The molecule has 0 bridgehead atoms. The van der Waals surface area contributed by atoms with Crippen molar-refractivity contribution in [2.45, 2.75) is 37.5 Å². The van der Waals surface area contributed by atoms with Crippen molar-refractivity contribution in [1.29, 1.82) is 0 Å². The number of para-hydroxylation sites is 2. The molecule has 0 N–H and O–H groups in total. The number of fused-ring (bicyclic) bond motifs is 1. The molecule has 4 aromatic rings. The highest BCUT2D eigenvalue weighted by Crippen LogP contribution is 2.40. The van der Waals surface area contributed by atoms with Gasteiger partial charge in [0.2, 0.25) is 0 Å². The van der Waals surface area contributed by atoms with E-state index < -0.39 is 0 Å². The van der Waals surface area contributed by atoms with Crippen molar-refractivity contribution in [1.82, 2.24) is 19.7 Å². The van der Waals surface area contributed by atoms with Crippen LogP contribution in [0.3, 0.4) is 0 Å². The van der Waals surface area contributed by atoms with Crippen molar-refractivity contribution in [3.63, 3.8) is 0 Å². The van der Waals surface area contributed by atoms with Crippen LogP contribution >= 0.6 is 11.3 Å². The molecule has 3 heterocycles. The molecule has 1 aliphatic carbocycles. The first-order valence-corrected chi connectivity index (χ1v) is 11.9. The Morgan fingerprint density at radius 3 is 2.58 bits per heavy atom. The molecule has 2 aromatic carbocycles. The first-order chi connectivity index (χ1) is 15.3. The van der Waals surface area contributed by atoms with Gasteiger partial charge in [0.25, 0.3) is 5.91 Å². The van der Waals surface area contributed by atoms with E-state index in [2.05, 4.69) is 18.2 Å². The van der Waals surface area contributed by atoms with Gasteiger partial charge in [0, 0.05) is 24.9 Å². The lowest BCUT2D eigenvalue weighted by molar-refractivity contribution is 0.0698. The molecule has 6 heteroatoms. The molecular weight excluding hydrogens is 404 g/mol. The number of carbonyl (C=O) groups is 1. The Morgan fingerprint density at radius 1 is 0.968 bits per heavy atom. The molecule has 2 aliphatic rings.